The SMILES string of the molecule is C=Nc1ccc(B2OC(C)(C)C(C)(C)O2)cc1NCC1CCCN1.SS. The van der Waals surface area contributed by atoms with E-state index in [4.69, 9.17) is 9.31 Å². The molecule has 0 aliphatic carbocycles. The maximum absolute atomic E-state index is 6.15. The van der Waals surface area contributed by atoms with Gasteiger partial charge in [-0.1, -0.05) is 6.07 Å². The Hall–Kier alpha value is -0.665. The van der Waals surface area contributed by atoms with E-state index in [1.54, 1.807) is 0 Å². The fourth-order valence-electron chi connectivity index (χ4n) is 3.12. The minimum absolute atomic E-state index is 0.339. The zero-order chi connectivity index (χ0) is 19.4. The van der Waals surface area contributed by atoms with Gasteiger partial charge in [0.1, 0.15) is 0 Å². The van der Waals surface area contributed by atoms with E-state index in [-0.39, 0.29) is 18.3 Å². The average Bonchev–Trinajstić information content (AvgIpc) is 3.20. The summed E-state index contributed by atoms with van der Waals surface area (Å²) < 4.78 is 12.3. The largest absolute Gasteiger partial charge is 0.494 e. The van der Waals surface area contributed by atoms with Crippen LogP contribution >= 0.6 is 23.3 Å². The van der Waals surface area contributed by atoms with Crippen LogP contribution in [0.1, 0.15) is 40.5 Å². The van der Waals surface area contributed by atoms with Gasteiger partial charge in [0.2, 0.25) is 0 Å². The Morgan fingerprint density at radius 3 is 2.46 bits per heavy atom. The quantitative estimate of drug-likeness (QED) is 0.268. The highest BCUT2D eigenvalue weighted by Gasteiger charge is 2.51. The first-order valence-corrected chi connectivity index (χ1v) is 10.6. The number of anilines is 1. The highest BCUT2D eigenvalue weighted by molar-refractivity contribution is 8.59. The van der Waals surface area contributed by atoms with Gasteiger partial charge in [0.15, 0.2) is 0 Å². The Bertz CT molecular complexity index is 606. The van der Waals surface area contributed by atoms with Crippen LogP contribution in [0.3, 0.4) is 0 Å². The first kappa shape index (κ1) is 21.6. The molecule has 0 bridgehead atoms. The second-order valence-electron chi connectivity index (χ2n) is 7.70. The molecule has 8 heteroatoms. The van der Waals surface area contributed by atoms with Gasteiger partial charge in [-0.3, -0.25) is 4.99 Å². The lowest BCUT2D eigenvalue weighted by Gasteiger charge is -2.32. The first-order chi connectivity index (χ1) is 12.3. The van der Waals surface area contributed by atoms with Crippen molar-refractivity contribution in [2.24, 2.45) is 4.99 Å². The second-order valence-corrected chi connectivity index (χ2v) is 7.70. The molecule has 2 saturated heterocycles. The lowest BCUT2D eigenvalue weighted by atomic mass is 9.78. The number of hydrogen-bond donors (Lipinski definition) is 4. The van der Waals surface area contributed by atoms with E-state index in [0.29, 0.717) is 6.04 Å². The van der Waals surface area contributed by atoms with Crippen LogP contribution in [0.5, 0.6) is 0 Å². The minimum atomic E-state index is -0.362. The summed E-state index contributed by atoms with van der Waals surface area (Å²) >= 11 is 6.44. The molecule has 26 heavy (non-hydrogen) atoms. The van der Waals surface area contributed by atoms with Crippen LogP contribution in [0, 0.1) is 0 Å². The Morgan fingerprint density at radius 2 is 1.92 bits per heavy atom. The summed E-state index contributed by atoms with van der Waals surface area (Å²) in [6.45, 7) is 13.9. The number of thiol groups is 2. The Balaban J connectivity index is 0.00000117. The van der Waals surface area contributed by atoms with Gasteiger partial charge < -0.3 is 19.9 Å². The van der Waals surface area contributed by atoms with Gasteiger partial charge in [-0.25, -0.2) is 0 Å². The summed E-state index contributed by atoms with van der Waals surface area (Å²) in [6.07, 6.45) is 2.45. The summed E-state index contributed by atoms with van der Waals surface area (Å²) in [6, 6.07) is 6.56. The van der Waals surface area contributed by atoms with E-state index >= 15 is 0 Å². The van der Waals surface area contributed by atoms with E-state index in [2.05, 4.69) is 79.4 Å². The number of benzene rings is 1. The molecule has 0 amide bonds. The second kappa shape index (κ2) is 9.02. The summed E-state index contributed by atoms with van der Waals surface area (Å²) in [5.41, 5.74) is 2.16. The summed E-state index contributed by atoms with van der Waals surface area (Å²) in [4.78, 5) is 4.13. The van der Waals surface area contributed by atoms with E-state index in [0.717, 1.165) is 29.9 Å². The third-order valence-corrected chi connectivity index (χ3v) is 5.42. The average molecular weight is 395 g/mol. The van der Waals surface area contributed by atoms with Crippen molar-refractivity contribution in [1.82, 2.24) is 5.32 Å². The maximum atomic E-state index is 6.15. The van der Waals surface area contributed by atoms with Crippen molar-refractivity contribution < 1.29 is 9.31 Å². The van der Waals surface area contributed by atoms with E-state index < -0.39 is 0 Å². The van der Waals surface area contributed by atoms with Crippen molar-refractivity contribution in [3.63, 3.8) is 0 Å². The molecule has 1 unspecified atom stereocenters. The Labute approximate surface area is 168 Å². The van der Waals surface area contributed by atoms with Crippen molar-refractivity contribution in [3.8, 4) is 0 Å². The number of hydrogen-bond acceptors (Lipinski definition) is 7. The molecule has 2 heterocycles. The summed E-state index contributed by atoms with van der Waals surface area (Å²) in [7, 11) is -0.362. The van der Waals surface area contributed by atoms with Crippen LogP contribution in [0.15, 0.2) is 23.2 Å². The number of nitrogens with zero attached hydrogens (tertiary/aromatic N) is 1. The molecule has 0 spiro atoms. The molecule has 1 aromatic rings. The van der Waals surface area contributed by atoms with E-state index in [9.17, 15) is 0 Å². The standard InChI is InChI=1S/C18H28BN3O2.H2S2/c1-17(2)18(3,4)24-19(23-17)13-8-9-15(20-5)16(11-13)22-12-14-7-6-10-21-14;1-2/h8-9,11,14,21-22H,5-7,10,12H2,1-4H3;1-2H. The van der Waals surface area contributed by atoms with Crippen LogP contribution in [0.2, 0.25) is 0 Å². The number of aliphatic imine (C=N–C) groups is 1. The van der Waals surface area contributed by atoms with E-state index in [1.807, 2.05) is 12.1 Å². The van der Waals surface area contributed by atoms with Crippen molar-refractivity contribution in [3.05, 3.63) is 18.2 Å². The molecule has 3 rings (SSSR count). The predicted molar refractivity (Wildman–Crippen MR) is 119 cm³/mol. The number of rotatable bonds is 5. The van der Waals surface area contributed by atoms with Crippen molar-refractivity contribution in [2.45, 2.75) is 57.8 Å². The fourth-order valence-corrected chi connectivity index (χ4v) is 3.12. The third kappa shape index (κ3) is 4.78. The van der Waals surface area contributed by atoms with Gasteiger partial charge in [0.05, 0.1) is 22.6 Å². The Morgan fingerprint density at radius 1 is 1.27 bits per heavy atom. The zero-order valence-corrected chi connectivity index (χ0v) is 17.9. The molecule has 0 saturated carbocycles. The smallest absolute Gasteiger partial charge is 0.399 e. The lowest BCUT2D eigenvalue weighted by molar-refractivity contribution is 0.00578. The van der Waals surface area contributed by atoms with Gasteiger partial charge in [-0.05, 0) is 71.4 Å². The normalized spacial score (nSPS) is 23.3. The molecule has 1 atom stereocenters. The van der Waals surface area contributed by atoms with Gasteiger partial charge in [0.25, 0.3) is 0 Å². The highest BCUT2D eigenvalue weighted by atomic mass is 33.1. The van der Waals surface area contributed by atoms with Gasteiger partial charge in [-0.15, -0.1) is 23.3 Å². The van der Waals surface area contributed by atoms with Crippen molar-refractivity contribution >= 4 is 54.0 Å². The van der Waals surface area contributed by atoms with E-state index in [1.165, 1.54) is 12.8 Å². The van der Waals surface area contributed by atoms with Gasteiger partial charge in [0, 0.05) is 12.6 Å². The molecule has 0 radical (unpaired) electrons. The molecular formula is C18H30BN3O2S2. The maximum Gasteiger partial charge on any atom is 0.494 e. The molecule has 0 aromatic heterocycles. The van der Waals surface area contributed by atoms with Gasteiger partial charge in [-0.2, -0.15) is 0 Å². The monoisotopic (exact) mass is 395 g/mol. The molecule has 2 fully saturated rings. The third-order valence-electron chi connectivity index (χ3n) is 5.42. The van der Waals surface area contributed by atoms with Crippen LogP contribution in [0.4, 0.5) is 11.4 Å². The highest BCUT2D eigenvalue weighted by Crippen LogP contribution is 2.37. The van der Waals surface area contributed by atoms with Crippen LogP contribution in [-0.4, -0.2) is 44.2 Å². The molecule has 1 aromatic carbocycles. The molecular weight excluding hydrogens is 365 g/mol. The summed E-state index contributed by atoms with van der Waals surface area (Å²) in [5, 5.41) is 7.00. The molecule has 2 N–H and O–H groups in total. The van der Waals surface area contributed by atoms with Crippen LogP contribution in [0.25, 0.3) is 0 Å². The zero-order valence-electron chi connectivity index (χ0n) is 16.1. The van der Waals surface area contributed by atoms with Gasteiger partial charge >= 0.3 is 7.12 Å². The molecule has 2 aliphatic heterocycles. The molecule has 2 aliphatic rings. The van der Waals surface area contributed by atoms with Crippen LogP contribution < -0.4 is 16.1 Å². The molecule has 144 valence electrons. The topological polar surface area (TPSA) is 54.9 Å². The first-order valence-electron chi connectivity index (χ1n) is 8.96. The fraction of sp³-hybridized carbons (Fsp3) is 0.611. The summed E-state index contributed by atoms with van der Waals surface area (Å²) in [5.74, 6) is 0. The van der Waals surface area contributed by atoms with Crippen molar-refractivity contribution in [2.75, 3.05) is 18.4 Å². The molecule has 5 nitrogen and oxygen atoms in total. The minimum Gasteiger partial charge on any atom is -0.399 e. The lowest BCUT2D eigenvalue weighted by Crippen LogP contribution is -2.41. The Kier molecular flexibility index (Phi) is 7.50. The predicted octanol–water partition coefficient (Wildman–Crippen LogP) is 3.24. The van der Waals surface area contributed by atoms with Crippen molar-refractivity contribution in [1.29, 1.82) is 0 Å². The number of nitrogens with one attached hydrogen (secondary N) is 2. The van der Waals surface area contributed by atoms with Crippen LogP contribution in [-0.2, 0) is 9.31 Å².